The molecule has 0 aromatic carbocycles. The summed E-state index contributed by atoms with van der Waals surface area (Å²) in [7, 11) is 0. The van der Waals surface area contributed by atoms with E-state index >= 15 is 0 Å². The fourth-order valence-corrected chi connectivity index (χ4v) is 3.70. The molecule has 1 aromatic heterocycles. The smallest absolute Gasteiger partial charge is 0.100 e. The Bertz CT molecular complexity index is 339. The van der Waals surface area contributed by atoms with E-state index in [0.29, 0.717) is 5.92 Å². The molecule has 0 amide bonds. The molecule has 0 radical (unpaired) electrons. The van der Waals surface area contributed by atoms with Gasteiger partial charge in [-0.05, 0) is 37.5 Å². The van der Waals surface area contributed by atoms with Gasteiger partial charge in [-0.3, -0.25) is 0 Å². The van der Waals surface area contributed by atoms with Gasteiger partial charge in [0, 0.05) is 5.38 Å². The van der Waals surface area contributed by atoms with Crippen LogP contribution in [0.3, 0.4) is 0 Å². The molecule has 1 aromatic rings. The fourth-order valence-electron chi connectivity index (χ4n) is 3.06. The summed E-state index contributed by atoms with van der Waals surface area (Å²) >= 11 is 1.63. The van der Waals surface area contributed by atoms with Crippen LogP contribution >= 0.6 is 11.3 Å². The lowest BCUT2D eigenvalue weighted by Crippen LogP contribution is -2.04. The van der Waals surface area contributed by atoms with Gasteiger partial charge in [-0.1, -0.05) is 6.42 Å². The minimum atomic E-state index is -0.282. The number of hydrogen-bond donors (Lipinski definition) is 1. The molecule has 0 aliphatic heterocycles. The molecule has 2 nitrogen and oxygen atoms in total. The standard InChI is InChI=1S/C11H15NOS/c1-6-12-9(5-14-6)11(13)10-7-3-2-4-8(7)10/h5,7-8,10-11,13H,2-4H2,1H3. The molecule has 2 aliphatic carbocycles. The third-order valence-electron chi connectivity index (χ3n) is 3.78. The Morgan fingerprint density at radius 3 is 2.79 bits per heavy atom. The Morgan fingerprint density at radius 2 is 2.21 bits per heavy atom. The van der Waals surface area contributed by atoms with E-state index in [-0.39, 0.29) is 6.10 Å². The number of aryl methyl sites for hydroxylation is 1. The zero-order valence-corrected chi connectivity index (χ0v) is 9.13. The monoisotopic (exact) mass is 209 g/mol. The largest absolute Gasteiger partial charge is 0.386 e. The van der Waals surface area contributed by atoms with E-state index in [2.05, 4.69) is 4.98 Å². The first-order chi connectivity index (χ1) is 6.77. The van der Waals surface area contributed by atoms with Crippen LogP contribution in [-0.2, 0) is 0 Å². The number of aliphatic hydroxyl groups excluding tert-OH is 1. The van der Waals surface area contributed by atoms with E-state index in [1.165, 1.54) is 19.3 Å². The van der Waals surface area contributed by atoms with Crippen LogP contribution in [0.25, 0.3) is 0 Å². The van der Waals surface area contributed by atoms with Gasteiger partial charge in [-0.2, -0.15) is 0 Å². The predicted molar refractivity (Wildman–Crippen MR) is 56.1 cm³/mol. The van der Waals surface area contributed by atoms with Crippen LogP contribution in [0.2, 0.25) is 0 Å². The lowest BCUT2D eigenvalue weighted by molar-refractivity contribution is 0.133. The molecule has 2 fully saturated rings. The molecule has 0 saturated heterocycles. The van der Waals surface area contributed by atoms with E-state index in [9.17, 15) is 5.11 Å². The molecule has 14 heavy (non-hydrogen) atoms. The Kier molecular flexibility index (Phi) is 1.92. The average Bonchev–Trinajstić information content (AvgIpc) is 2.56. The van der Waals surface area contributed by atoms with E-state index in [1.807, 2.05) is 12.3 Å². The molecule has 1 heterocycles. The van der Waals surface area contributed by atoms with Crippen LogP contribution in [0, 0.1) is 24.7 Å². The highest BCUT2D eigenvalue weighted by Gasteiger charge is 2.56. The normalized spacial score (nSPS) is 36.9. The van der Waals surface area contributed by atoms with Crippen LogP contribution in [-0.4, -0.2) is 10.1 Å². The number of fused-ring (bicyclic) bond motifs is 1. The summed E-state index contributed by atoms with van der Waals surface area (Å²) in [5, 5.41) is 13.2. The third-order valence-corrected chi connectivity index (χ3v) is 4.57. The molecule has 3 heteroatoms. The second-order valence-corrected chi connectivity index (χ2v) is 5.63. The van der Waals surface area contributed by atoms with Crippen molar-refractivity contribution in [1.29, 1.82) is 0 Å². The van der Waals surface area contributed by atoms with Crippen molar-refractivity contribution in [2.45, 2.75) is 32.3 Å². The summed E-state index contributed by atoms with van der Waals surface area (Å²) < 4.78 is 0. The number of thiazole rings is 1. The van der Waals surface area contributed by atoms with Crippen LogP contribution in [0.5, 0.6) is 0 Å². The molecule has 76 valence electrons. The van der Waals surface area contributed by atoms with Crippen molar-refractivity contribution in [2.75, 3.05) is 0 Å². The van der Waals surface area contributed by atoms with Gasteiger partial charge in [0.25, 0.3) is 0 Å². The molecule has 0 bridgehead atoms. The molecule has 3 atom stereocenters. The van der Waals surface area contributed by atoms with Crippen molar-refractivity contribution in [2.24, 2.45) is 17.8 Å². The van der Waals surface area contributed by atoms with Crippen LogP contribution < -0.4 is 0 Å². The lowest BCUT2D eigenvalue weighted by Gasteiger charge is -2.09. The average molecular weight is 209 g/mol. The highest BCUT2D eigenvalue weighted by atomic mass is 32.1. The maximum absolute atomic E-state index is 10.1. The van der Waals surface area contributed by atoms with Gasteiger partial charge in [-0.15, -0.1) is 11.3 Å². The van der Waals surface area contributed by atoms with Gasteiger partial charge in [0.2, 0.25) is 0 Å². The summed E-state index contributed by atoms with van der Waals surface area (Å²) in [5.74, 6) is 2.16. The van der Waals surface area contributed by atoms with Crippen LogP contribution in [0.1, 0.15) is 36.1 Å². The molecule has 3 rings (SSSR count). The van der Waals surface area contributed by atoms with Gasteiger partial charge >= 0.3 is 0 Å². The summed E-state index contributed by atoms with van der Waals surface area (Å²) in [5.41, 5.74) is 0.909. The lowest BCUT2D eigenvalue weighted by atomic mass is 10.0. The molecular weight excluding hydrogens is 194 g/mol. The summed E-state index contributed by atoms with van der Waals surface area (Å²) in [6.07, 6.45) is 3.75. The fraction of sp³-hybridized carbons (Fsp3) is 0.727. The first-order valence-corrected chi connectivity index (χ1v) is 6.25. The van der Waals surface area contributed by atoms with Crippen molar-refractivity contribution in [3.63, 3.8) is 0 Å². The van der Waals surface area contributed by atoms with E-state index in [1.54, 1.807) is 11.3 Å². The molecule has 1 N–H and O–H groups in total. The predicted octanol–water partition coefficient (Wildman–Crippen LogP) is 2.53. The zero-order chi connectivity index (χ0) is 9.71. The van der Waals surface area contributed by atoms with Crippen molar-refractivity contribution < 1.29 is 5.11 Å². The van der Waals surface area contributed by atoms with Crippen molar-refractivity contribution >= 4 is 11.3 Å². The van der Waals surface area contributed by atoms with E-state index in [4.69, 9.17) is 0 Å². The summed E-state index contributed by atoms with van der Waals surface area (Å²) in [6, 6.07) is 0. The minimum Gasteiger partial charge on any atom is -0.386 e. The number of aliphatic hydroxyl groups is 1. The molecule has 2 saturated carbocycles. The van der Waals surface area contributed by atoms with Crippen molar-refractivity contribution in [3.05, 3.63) is 16.1 Å². The first kappa shape index (κ1) is 8.86. The summed E-state index contributed by atoms with van der Waals surface area (Å²) in [6.45, 7) is 1.99. The number of nitrogens with zero attached hydrogens (tertiary/aromatic N) is 1. The highest BCUT2D eigenvalue weighted by molar-refractivity contribution is 7.09. The first-order valence-electron chi connectivity index (χ1n) is 5.37. The van der Waals surface area contributed by atoms with Gasteiger partial charge in [-0.25, -0.2) is 4.98 Å². The second-order valence-electron chi connectivity index (χ2n) is 4.57. The molecule has 0 spiro atoms. The maximum Gasteiger partial charge on any atom is 0.100 e. The van der Waals surface area contributed by atoms with Crippen LogP contribution in [0.15, 0.2) is 5.38 Å². The topological polar surface area (TPSA) is 33.1 Å². The van der Waals surface area contributed by atoms with E-state index < -0.39 is 0 Å². The molecular formula is C11H15NOS. The SMILES string of the molecule is Cc1nc(C(O)C2C3CCCC32)cs1. The molecule has 3 unspecified atom stereocenters. The van der Waals surface area contributed by atoms with Gasteiger partial charge in [0.05, 0.1) is 10.7 Å². The summed E-state index contributed by atoms with van der Waals surface area (Å²) in [4.78, 5) is 4.37. The van der Waals surface area contributed by atoms with E-state index in [0.717, 1.165) is 22.5 Å². The van der Waals surface area contributed by atoms with Gasteiger partial charge in [0.15, 0.2) is 0 Å². The zero-order valence-electron chi connectivity index (χ0n) is 8.31. The van der Waals surface area contributed by atoms with Crippen molar-refractivity contribution in [1.82, 2.24) is 4.98 Å². The Labute approximate surface area is 88.0 Å². The second kappa shape index (κ2) is 3.04. The van der Waals surface area contributed by atoms with Gasteiger partial charge < -0.3 is 5.11 Å². The number of rotatable bonds is 2. The number of hydrogen-bond acceptors (Lipinski definition) is 3. The Balaban J connectivity index is 1.75. The van der Waals surface area contributed by atoms with Crippen LogP contribution in [0.4, 0.5) is 0 Å². The Hall–Kier alpha value is -0.410. The highest BCUT2D eigenvalue weighted by Crippen LogP contribution is 2.62. The van der Waals surface area contributed by atoms with Crippen molar-refractivity contribution in [3.8, 4) is 0 Å². The van der Waals surface area contributed by atoms with Gasteiger partial charge in [0.1, 0.15) is 6.10 Å². The quantitative estimate of drug-likeness (QED) is 0.812. The Morgan fingerprint density at radius 1 is 1.50 bits per heavy atom. The number of aromatic nitrogens is 1. The minimum absolute atomic E-state index is 0.282. The third kappa shape index (κ3) is 1.22. The molecule has 2 aliphatic rings. The maximum atomic E-state index is 10.1.